The predicted molar refractivity (Wildman–Crippen MR) is 230 cm³/mol. The summed E-state index contributed by atoms with van der Waals surface area (Å²) in [6.45, 7) is 0. The monoisotopic (exact) mass is 774 g/mol. The molecular weight excluding hydrogens is 734 g/mol. The minimum atomic E-state index is -0.265. The number of anilines is 3. The van der Waals surface area contributed by atoms with Crippen LogP contribution in [0.25, 0.3) is 44.5 Å². The zero-order valence-corrected chi connectivity index (χ0v) is 30.4. The fourth-order valence-electron chi connectivity index (χ4n) is 5.70. The molecule has 8 aromatic rings. The highest BCUT2D eigenvalue weighted by Gasteiger charge is 2.10. The number of benzene rings is 8. The maximum absolute atomic E-state index is 14.1. The average Bonchev–Trinajstić information content (AvgIpc) is 3.22. The molecule has 0 aliphatic rings. The van der Waals surface area contributed by atoms with Gasteiger partial charge < -0.3 is 11.1 Å². The Morgan fingerprint density at radius 3 is 1.26 bits per heavy atom. The Balaban J connectivity index is 0.000000175. The first-order chi connectivity index (χ1) is 26.0. The lowest BCUT2D eigenvalue weighted by Crippen LogP contribution is -1.96. The number of nitrogens with two attached hydrogens (primary N) is 1. The van der Waals surface area contributed by atoms with Crippen LogP contribution in [0.3, 0.4) is 0 Å². The van der Waals surface area contributed by atoms with Crippen molar-refractivity contribution in [2.75, 3.05) is 11.1 Å². The zero-order chi connectivity index (χ0) is 36.8. The standard InChI is InChI=1S/C24H18FN.C18H15N.C6H4BrF.CH4/c25-22-13-7-8-14-24(22)26-23-16-15-20(18-9-3-1-4-10-18)17-21(23)19-11-5-2-6-12-19;19-18-12-11-16(14-7-3-1-4-8-14)13-17(18)15-9-5-2-6-10-15;7-5-3-1-2-4-6(5)8;/h1-17,26H;1-13H,19H2;1-4H;1H4. The number of rotatable bonds is 6. The Morgan fingerprint density at radius 2 is 0.778 bits per heavy atom. The Labute approximate surface area is 325 Å². The summed E-state index contributed by atoms with van der Waals surface area (Å²) in [4.78, 5) is 0. The molecule has 0 aromatic heterocycles. The number of hydrogen-bond acceptors (Lipinski definition) is 2. The van der Waals surface area contributed by atoms with Crippen LogP contribution < -0.4 is 11.1 Å². The van der Waals surface area contributed by atoms with E-state index in [2.05, 4.69) is 94.0 Å². The van der Waals surface area contributed by atoms with Gasteiger partial charge in [0.2, 0.25) is 0 Å². The number of nitrogen functional groups attached to an aromatic ring is 1. The maximum Gasteiger partial charge on any atom is 0.146 e. The maximum atomic E-state index is 14.1. The molecule has 0 saturated heterocycles. The van der Waals surface area contributed by atoms with Gasteiger partial charge in [-0.3, -0.25) is 0 Å². The summed E-state index contributed by atoms with van der Waals surface area (Å²) in [6.07, 6.45) is 0. The first kappa shape index (κ1) is 38.9. The van der Waals surface area contributed by atoms with Crippen molar-refractivity contribution in [1.29, 1.82) is 0 Å². The Morgan fingerprint density at radius 1 is 0.370 bits per heavy atom. The highest BCUT2D eigenvalue weighted by molar-refractivity contribution is 9.10. The molecule has 5 heteroatoms. The highest BCUT2D eigenvalue weighted by atomic mass is 79.9. The van der Waals surface area contributed by atoms with E-state index >= 15 is 0 Å². The second-order valence-electron chi connectivity index (χ2n) is 12.0. The molecule has 0 saturated carbocycles. The number of hydrogen-bond donors (Lipinski definition) is 2. The average molecular weight is 776 g/mol. The van der Waals surface area contributed by atoms with E-state index in [1.165, 1.54) is 23.3 Å². The molecule has 8 rings (SSSR count). The van der Waals surface area contributed by atoms with Gasteiger partial charge in [0, 0.05) is 22.5 Å². The van der Waals surface area contributed by atoms with E-state index in [-0.39, 0.29) is 19.1 Å². The second kappa shape index (κ2) is 19.5. The van der Waals surface area contributed by atoms with E-state index in [1.807, 2.05) is 91.0 Å². The number of halogens is 3. The summed E-state index contributed by atoms with van der Waals surface area (Å²) in [5.74, 6) is -0.480. The van der Waals surface area contributed by atoms with E-state index in [9.17, 15) is 8.78 Å². The van der Waals surface area contributed by atoms with Crippen LogP contribution in [0.15, 0.2) is 211 Å². The third kappa shape index (κ3) is 10.4. The summed E-state index contributed by atoms with van der Waals surface area (Å²) < 4.78 is 26.9. The molecule has 0 fully saturated rings. The predicted octanol–water partition coefficient (Wildman–Crippen LogP) is 14.7. The molecule has 0 radical (unpaired) electrons. The van der Waals surface area contributed by atoms with Crippen LogP contribution in [-0.4, -0.2) is 0 Å². The molecule has 0 amide bonds. The van der Waals surface area contributed by atoms with Gasteiger partial charge in [-0.2, -0.15) is 0 Å². The minimum absolute atomic E-state index is 0. The summed E-state index contributed by atoms with van der Waals surface area (Å²) >= 11 is 3.02. The lowest BCUT2D eigenvalue weighted by atomic mass is 9.97. The minimum Gasteiger partial charge on any atom is -0.398 e. The van der Waals surface area contributed by atoms with Gasteiger partial charge in [0.25, 0.3) is 0 Å². The van der Waals surface area contributed by atoms with Crippen LogP contribution >= 0.6 is 15.9 Å². The molecule has 54 heavy (non-hydrogen) atoms. The van der Waals surface area contributed by atoms with Crippen molar-refractivity contribution in [3.8, 4) is 44.5 Å². The smallest absolute Gasteiger partial charge is 0.146 e. The van der Waals surface area contributed by atoms with E-state index in [4.69, 9.17) is 5.73 Å². The molecule has 0 atom stereocenters. The van der Waals surface area contributed by atoms with Crippen molar-refractivity contribution in [1.82, 2.24) is 0 Å². The Kier molecular flexibility index (Phi) is 14.1. The van der Waals surface area contributed by atoms with E-state index < -0.39 is 0 Å². The van der Waals surface area contributed by atoms with Crippen molar-refractivity contribution < 1.29 is 8.78 Å². The van der Waals surface area contributed by atoms with Gasteiger partial charge in [0.1, 0.15) is 11.6 Å². The largest absolute Gasteiger partial charge is 0.398 e. The summed E-state index contributed by atoms with van der Waals surface area (Å²) in [5.41, 5.74) is 17.3. The lowest BCUT2D eigenvalue weighted by Gasteiger charge is -2.15. The van der Waals surface area contributed by atoms with Crippen LogP contribution in [0.4, 0.5) is 25.8 Å². The first-order valence-corrected chi connectivity index (χ1v) is 17.9. The summed E-state index contributed by atoms with van der Waals surface area (Å²) in [6, 6.07) is 66.6. The topological polar surface area (TPSA) is 38.0 Å². The fourth-order valence-corrected chi connectivity index (χ4v) is 5.99. The van der Waals surface area contributed by atoms with Gasteiger partial charge in [0.05, 0.1) is 10.2 Å². The van der Waals surface area contributed by atoms with Gasteiger partial charge in [-0.15, -0.1) is 0 Å². The Bertz CT molecular complexity index is 2330. The van der Waals surface area contributed by atoms with Crippen LogP contribution in [0.2, 0.25) is 0 Å². The van der Waals surface area contributed by atoms with E-state index in [1.54, 1.807) is 30.3 Å². The van der Waals surface area contributed by atoms with E-state index in [0.29, 0.717) is 10.2 Å². The van der Waals surface area contributed by atoms with Gasteiger partial charge in [-0.1, -0.05) is 165 Å². The molecule has 0 unspecified atom stereocenters. The van der Waals surface area contributed by atoms with Crippen LogP contribution in [0.1, 0.15) is 7.43 Å². The van der Waals surface area contributed by atoms with Crippen molar-refractivity contribution in [3.05, 3.63) is 222 Å². The van der Waals surface area contributed by atoms with Gasteiger partial charge >= 0.3 is 0 Å². The van der Waals surface area contributed by atoms with Crippen molar-refractivity contribution in [3.63, 3.8) is 0 Å². The highest BCUT2D eigenvalue weighted by Crippen LogP contribution is 2.35. The van der Waals surface area contributed by atoms with Crippen molar-refractivity contribution in [2.45, 2.75) is 7.43 Å². The normalized spacial score (nSPS) is 10.1. The molecule has 0 spiro atoms. The van der Waals surface area contributed by atoms with E-state index in [0.717, 1.165) is 44.8 Å². The molecule has 0 heterocycles. The number of nitrogens with one attached hydrogen (secondary N) is 1. The van der Waals surface area contributed by atoms with Crippen LogP contribution in [-0.2, 0) is 0 Å². The Hall–Kier alpha value is -6.30. The molecule has 0 aliphatic heterocycles. The van der Waals surface area contributed by atoms with Gasteiger partial charge in [-0.25, -0.2) is 8.78 Å². The van der Waals surface area contributed by atoms with Crippen molar-refractivity contribution in [2.24, 2.45) is 0 Å². The molecule has 3 N–H and O–H groups in total. The SMILES string of the molecule is C.Fc1ccccc1Br.Fc1ccccc1Nc1ccc(-c2ccccc2)cc1-c1ccccc1.Nc1ccc(-c2ccccc2)cc1-c1ccccc1. The van der Waals surface area contributed by atoms with Crippen LogP contribution in [0, 0.1) is 11.6 Å². The quantitative estimate of drug-likeness (QED) is 0.165. The number of para-hydroxylation sites is 1. The summed E-state index contributed by atoms with van der Waals surface area (Å²) in [7, 11) is 0. The third-order valence-electron chi connectivity index (χ3n) is 8.42. The summed E-state index contributed by atoms with van der Waals surface area (Å²) in [5, 5.41) is 3.24. The molecule has 2 nitrogen and oxygen atoms in total. The molecule has 0 aliphatic carbocycles. The third-order valence-corrected chi connectivity index (χ3v) is 9.07. The van der Waals surface area contributed by atoms with Gasteiger partial charge in [-0.05, 0) is 97.8 Å². The van der Waals surface area contributed by atoms with Crippen LogP contribution in [0.5, 0.6) is 0 Å². The second-order valence-corrected chi connectivity index (χ2v) is 12.9. The molecule has 268 valence electrons. The molecule has 0 bridgehead atoms. The lowest BCUT2D eigenvalue weighted by molar-refractivity contribution is 0.621. The van der Waals surface area contributed by atoms with Crippen molar-refractivity contribution >= 4 is 33.0 Å². The molecular formula is C49H41BrF2N2. The molecule has 8 aromatic carbocycles. The zero-order valence-electron chi connectivity index (χ0n) is 28.8. The van der Waals surface area contributed by atoms with Gasteiger partial charge in [0.15, 0.2) is 0 Å². The first-order valence-electron chi connectivity index (χ1n) is 17.1. The fraction of sp³-hybridized carbons (Fsp3) is 0.0204.